The lowest BCUT2D eigenvalue weighted by Gasteiger charge is -2.39. The Morgan fingerprint density at radius 1 is 1.07 bits per heavy atom. The fraction of sp³-hybridized carbons (Fsp3) is 0.500. The van der Waals surface area contributed by atoms with Crippen molar-refractivity contribution in [2.75, 3.05) is 32.7 Å². The molecule has 1 atom stereocenters. The fourth-order valence-electron chi connectivity index (χ4n) is 4.06. The summed E-state index contributed by atoms with van der Waals surface area (Å²) in [6, 6.07) is 9.70. The van der Waals surface area contributed by atoms with Crippen LogP contribution in [0, 0.1) is 6.92 Å². The first-order chi connectivity index (χ1) is 13.9. The quantitative estimate of drug-likeness (QED) is 0.737. The summed E-state index contributed by atoms with van der Waals surface area (Å²) in [6.45, 7) is 5.06. The highest BCUT2D eigenvalue weighted by atomic mass is 32.2. The lowest BCUT2D eigenvalue weighted by atomic mass is 10.1. The van der Waals surface area contributed by atoms with Crippen LogP contribution in [0.5, 0.6) is 0 Å². The molecule has 0 aliphatic carbocycles. The summed E-state index contributed by atoms with van der Waals surface area (Å²) in [5.41, 5.74) is 1.11. The van der Waals surface area contributed by atoms with E-state index in [2.05, 4.69) is 9.88 Å². The van der Waals surface area contributed by atoms with E-state index in [9.17, 15) is 13.2 Å². The van der Waals surface area contributed by atoms with Crippen LogP contribution in [0.3, 0.4) is 0 Å². The first-order valence-corrected chi connectivity index (χ1v) is 11.4. The number of fused-ring (bicyclic) bond motifs is 1. The van der Waals surface area contributed by atoms with E-state index in [4.69, 9.17) is 0 Å². The van der Waals surface area contributed by atoms with Gasteiger partial charge < -0.3 is 9.47 Å². The SMILES string of the molecule is Cc1nc(S(=O)(=O)N2CCC3C(=O)N(Cc4ccccc4)CCN3CC2)cn1C. The second-order valence-corrected chi connectivity index (χ2v) is 9.61. The van der Waals surface area contributed by atoms with Crippen molar-refractivity contribution in [3.05, 3.63) is 47.9 Å². The summed E-state index contributed by atoms with van der Waals surface area (Å²) >= 11 is 0. The highest BCUT2D eigenvalue weighted by Gasteiger charge is 2.39. The smallest absolute Gasteiger partial charge is 0.262 e. The number of amides is 1. The summed E-state index contributed by atoms with van der Waals surface area (Å²) < 4.78 is 29.3. The molecule has 8 nitrogen and oxygen atoms in total. The normalized spacial score (nSPS) is 21.8. The van der Waals surface area contributed by atoms with E-state index in [0.717, 1.165) is 12.1 Å². The van der Waals surface area contributed by atoms with E-state index >= 15 is 0 Å². The van der Waals surface area contributed by atoms with Gasteiger partial charge in [-0.15, -0.1) is 0 Å². The van der Waals surface area contributed by atoms with Gasteiger partial charge in [0.05, 0.1) is 6.04 Å². The van der Waals surface area contributed by atoms with Gasteiger partial charge in [-0.25, -0.2) is 13.4 Å². The topological polar surface area (TPSA) is 78.8 Å². The van der Waals surface area contributed by atoms with Gasteiger partial charge in [0.15, 0.2) is 5.03 Å². The van der Waals surface area contributed by atoms with Gasteiger partial charge in [-0.2, -0.15) is 4.31 Å². The molecular weight excluding hydrogens is 390 g/mol. The van der Waals surface area contributed by atoms with Gasteiger partial charge in [0, 0.05) is 52.5 Å². The van der Waals surface area contributed by atoms with Crippen LogP contribution in [-0.2, 0) is 28.4 Å². The van der Waals surface area contributed by atoms with E-state index < -0.39 is 10.0 Å². The van der Waals surface area contributed by atoms with Gasteiger partial charge in [0.2, 0.25) is 5.91 Å². The summed E-state index contributed by atoms with van der Waals surface area (Å²) in [6.07, 6.45) is 2.05. The number of piperazine rings is 1. The van der Waals surface area contributed by atoms with Crippen LogP contribution in [0.15, 0.2) is 41.6 Å². The molecule has 0 radical (unpaired) electrons. The summed E-state index contributed by atoms with van der Waals surface area (Å²) in [7, 11) is -1.88. The molecule has 4 rings (SSSR count). The molecule has 1 amide bonds. The Labute approximate surface area is 171 Å². The number of carbonyl (C=O) groups excluding carboxylic acids is 1. The number of aromatic nitrogens is 2. The van der Waals surface area contributed by atoms with Crippen molar-refractivity contribution in [2.45, 2.75) is 31.0 Å². The number of sulfonamides is 1. The minimum absolute atomic E-state index is 0.0782. The van der Waals surface area contributed by atoms with Crippen molar-refractivity contribution in [2.24, 2.45) is 7.05 Å². The molecule has 156 valence electrons. The van der Waals surface area contributed by atoms with E-state index in [1.807, 2.05) is 35.2 Å². The molecule has 2 aromatic rings. The van der Waals surface area contributed by atoms with Crippen molar-refractivity contribution in [3.8, 4) is 0 Å². The van der Waals surface area contributed by atoms with Crippen molar-refractivity contribution >= 4 is 15.9 Å². The number of benzene rings is 1. The molecule has 1 aromatic heterocycles. The number of imidazole rings is 1. The standard InChI is InChI=1S/C20H27N5O3S/c1-16-21-19(15-22(16)2)29(27,28)25-9-8-18-20(26)24(11-10-23(18)12-13-25)14-17-6-4-3-5-7-17/h3-7,15,18H,8-14H2,1-2H3. The summed E-state index contributed by atoms with van der Waals surface area (Å²) in [4.78, 5) is 21.3. The molecule has 0 saturated carbocycles. The summed E-state index contributed by atoms with van der Waals surface area (Å²) in [5.74, 6) is 0.746. The highest BCUT2D eigenvalue weighted by molar-refractivity contribution is 7.89. The third-order valence-corrected chi connectivity index (χ3v) is 7.66. The Morgan fingerprint density at radius 2 is 1.79 bits per heavy atom. The van der Waals surface area contributed by atoms with Crippen LogP contribution in [0.2, 0.25) is 0 Å². The van der Waals surface area contributed by atoms with Gasteiger partial charge >= 0.3 is 0 Å². The Balaban J connectivity index is 1.47. The predicted molar refractivity (Wildman–Crippen MR) is 109 cm³/mol. The molecule has 3 heterocycles. The Hall–Kier alpha value is -2.23. The first-order valence-electron chi connectivity index (χ1n) is 9.93. The Bertz CT molecular complexity index is 969. The number of carbonyl (C=O) groups is 1. The van der Waals surface area contributed by atoms with Crippen LogP contribution >= 0.6 is 0 Å². The zero-order valence-electron chi connectivity index (χ0n) is 16.9. The van der Waals surface area contributed by atoms with Crippen LogP contribution < -0.4 is 0 Å². The van der Waals surface area contributed by atoms with Crippen LogP contribution in [0.25, 0.3) is 0 Å². The van der Waals surface area contributed by atoms with E-state index in [0.29, 0.717) is 45.0 Å². The van der Waals surface area contributed by atoms with Crippen LogP contribution in [0.4, 0.5) is 0 Å². The molecule has 2 saturated heterocycles. The van der Waals surface area contributed by atoms with E-state index in [1.165, 1.54) is 4.31 Å². The van der Waals surface area contributed by atoms with Gasteiger partial charge in [-0.3, -0.25) is 9.69 Å². The second-order valence-electron chi connectivity index (χ2n) is 7.73. The maximum atomic E-state index is 13.1. The lowest BCUT2D eigenvalue weighted by Crippen LogP contribution is -2.56. The molecule has 29 heavy (non-hydrogen) atoms. The molecule has 2 aliphatic rings. The zero-order chi connectivity index (χ0) is 20.6. The maximum Gasteiger partial charge on any atom is 0.262 e. The first kappa shape index (κ1) is 20.1. The number of hydrogen-bond donors (Lipinski definition) is 0. The maximum absolute atomic E-state index is 13.1. The van der Waals surface area contributed by atoms with Gasteiger partial charge in [-0.05, 0) is 18.9 Å². The molecule has 0 bridgehead atoms. The minimum Gasteiger partial charge on any atom is -0.337 e. The van der Waals surface area contributed by atoms with Crippen molar-refractivity contribution < 1.29 is 13.2 Å². The Kier molecular flexibility index (Phi) is 5.46. The molecule has 9 heteroatoms. The lowest BCUT2D eigenvalue weighted by molar-refractivity contribution is -0.142. The molecular formula is C20H27N5O3S. The average Bonchev–Trinajstić information content (AvgIpc) is 2.91. The van der Waals surface area contributed by atoms with Crippen LogP contribution in [-0.4, -0.2) is 76.7 Å². The zero-order valence-corrected chi connectivity index (χ0v) is 17.7. The second kappa shape index (κ2) is 7.89. The monoisotopic (exact) mass is 417 g/mol. The molecule has 0 spiro atoms. The minimum atomic E-state index is -3.66. The Morgan fingerprint density at radius 3 is 2.48 bits per heavy atom. The third-order valence-electron chi connectivity index (χ3n) is 5.89. The van der Waals surface area contributed by atoms with Gasteiger partial charge in [0.25, 0.3) is 10.0 Å². The number of nitrogens with zero attached hydrogens (tertiary/aromatic N) is 5. The predicted octanol–water partition coefficient (Wildman–Crippen LogP) is 0.836. The van der Waals surface area contributed by atoms with E-state index in [-0.39, 0.29) is 17.0 Å². The number of hydrogen-bond acceptors (Lipinski definition) is 5. The molecule has 0 N–H and O–H groups in total. The van der Waals surface area contributed by atoms with E-state index in [1.54, 1.807) is 24.7 Å². The largest absolute Gasteiger partial charge is 0.337 e. The van der Waals surface area contributed by atoms with Gasteiger partial charge in [0.1, 0.15) is 5.82 Å². The number of aryl methyl sites for hydroxylation is 2. The van der Waals surface area contributed by atoms with Crippen molar-refractivity contribution in [3.63, 3.8) is 0 Å². The average molecular weight is 418 g/mol. The van der Waals surface area contributed by atoms with Crippen LogP contribution in [0.1, 0.15) is 17.8 Å². The fourth-order valence-corrected chi connectivity index (χ4v) is 5.53. The van der Waals surface area contributed by atoms with Crippen molar-refractivity contribution in [1.82, 2.24) is 23.7 Å². The van der Waals surface area contributed by atoms with Gasteiger partial charge in [-0.1, -0.05) is 30.3 Å². The highest BCUT2D eigenvalue weighted by Crippen LogP contribution is 2.23. The molecule has 2 aliphatic heterocycles. The number of rotatable bonds is 4. The van der Waals surface area contributed by atoms with Crippen molar-refractivity contribution in [1.29, 1.82) is 0 Å². The molecule has 1 aromatic carbocycles. The molecule has 1 unspecified atom stereocenters. The summed E-state index contributed by atoms with van der Waals surface area (Å²) in [5, 5.41) is 0.0782. The molecule has 2 fully saturated rings. The third kappa shape index (κ3) is 3.94.